The molecule has 1 aliphatic carbocycles. The highest BCUT2D eigenvalue weighted by Crippen LogP contribution is 2.35. The molecule has 2 aromatic heterocycles. The van der Waals surface area contributed by atoms with Gasteiger partial charge in [0.25, 0.3) is 11.5 Å². The van der Waals surface area contributed by atoms with Crippen molar-refractivity contribution in [3.63, 3.8) is 0 Å². The van der Waals surface area contributed by atoms with Gasteiger partial charge in [0.15, 0.2) is 0 Å². The number of anilines is 1. The summed E-state index contributed by atoms with van der Waals surface area (Å²) in [7, 11) is 5.99. The highest BCUT2D eigenvalue weighted by molar-refractivity contribution is 5.99. The van der Waals surface area contributed by atoms with Crippen LogP contribution in [0.1, 0.15) is 71.0 Å². The van der Waals surface area contributed by atoms with Crippen molar-refractivity contribution in [2.24, 2.45) is 0 Å². The van der Waals surface area contributed by atoms with Gasteiger partial charge in [0.1, 0.15) is 0 Å². The lowest BCUT2D eigenvalue weighted by Gasteiger charge is -2.40. The van der Waals surface area contributed by atoms with E-state index in [4.69, 9.17) is 4.74 Å². The summed E-state index contributed by atoms with van der Waals surface area (Å²) in [6, 6.07) is 11.1. The van der Waals surface area contributed by atoms with E-state index in [-0.39, 0.29) is 18.0 Å². The minimum Gasteiger partial charge on any atom is -0.378 e. The van der Waals surface area contributed by atoms with Crippen molar-refractivity contribution in [3.05, 3.63) is 80.5 Å². The molecular weight excluding hydrogens is 514 g/mol. The number of nitrogens with zero attached hydrogens (tertiary/aromatic N) is 3. The standard InChI is InChI=1S/C33H45N5O3/c1-8-38(28-13-11-27(12-14-28)37(5)6)31-17-25(24-9-10-26(20-41-7)34-18-24)16-29(23(31)4)32(39)35-19-30-21(2)15-22(3)36-33(30)40/h9-10,15-18,27-28H,8,11-14,19-20H2,1-7H3,(H,35,39)(H,36,40). The van der Waals surface area contributed by atoms with E-state index in [1.807, 2.05) is 51.2 Å². The van der Waals surface area contributed by atoms with E-state index in [9.17, 15) is 9.59 Å². The summed E-state index contributed by atoms with van der Waals surface area (Å²) in [6.07, 6.45) is 6.40. The number of carbonyl (C=O) groups is 1. The van der Waals surface area contributed by atoms with Crippen molar-refractivity contribution in [1.82, 2.24) is 20.2 Å². The first-order valence-electron chi connectivity index (χ1n) is 14.6. The number of amides is 1. The Morgan fingerprint density at radius 3 is 2.34 bits per heavy atom. The zero-order valence-electron chi connectivity index (χ0n) is 25.6. The average molecular weight is 560 g/mol. The minimum absolute atomic E-state index is 0.165. The number of hydrogen-bond acceptors (Lipinski definition) is 6. The van der Waals surface area contributed by atoms with Gasteiger partial charge in [0.05, 0.1) is 12.3 Å². The van der Waals surface area contributed by atoms with Crippen LogP contribution >= 0.6 is 0 Å². The summed E-state index contributed by atoms with van der Waals surface area (Å²) in [4.78, 5) is 38.5. The zero-order chi connectivity index (χ0) is 29.7. The fraction of sp³-hybridized carbons (Fsp3) is 0.485. The third-order valence-electron chi connectivity index (χ3n) is 8.48. The molecule has 0 unspecified atom stereocenters. The quantitative estimate of drug-likeness (QED) is 0.358. The van der Waals surface area contributed by atoms with Crippen molar-refractivity contribution < 1.29 is 9.53 Å². The number of aromatic nitrogens is 2. The molecule has 0 spiro atoms. The predicted molar refractivity (Wildman–Crippen MR) is 166 cm³/mol. The lowest BCUT2D eigenvalue weighted by Crippen LogP contribution is -2.42. The Bertz CT molecular complexity index is 1410. The number of ether oxygens (including phenoxy) is 1. The van der Waals surface area contributed by atoms with Crippen LogP contribution < -0.4 is 15.8 Å². The first-order chi connectivity index (χ1) is 19.6. The van der Waals surface area contributed by atoms with Crippen molar-refractivity contribution in [2.45, 2.75) is 78.6 Å². The number of pyridine rings is 2. The van der Waals surface area contributed by atoms with Gasteiger partial charge in [-0.15, -0.1) is 0 Å². The van der Waals surface area contributed by atoms with Crippen LogP contribution in [0, 0.1) is 20.8 Å². The molecule has 0 aliphatic heterocycles. The number of aromatic amines is 1. The third kappa shape index (κ3) is 7.05. The highest BCUT2D eigenvalue weighted by Gasteiger charge is 2.28. The molecule has 1 aromatic carbocycles. The molecule has 41 heavy (non-hydrogen) atoms. The van der Waals surface area contributed by atoms with Crippen LogP contribution in [0.5, 0.6) is 0 Å². The van der Waals surface area contributed by atoms with E-state index in [0.29, 0.717) is 29.8 Å². The monoisotopic (exact) mass is 559 g/mol. The smallest absolute Gasteiger partial charge is 0.253 e. The maximum atomic E-state index is 13.7. The van der Waals surface area contributed by atoms with Crippen LogP contribution in [0.15, 0.2) is 41.3 Å². The number of hydrogen-bond donors (Lipinski definition) is 2. The number of benzene rings is 1. The van der Waals surface area contributed by atoms with E-state index in [1.54, 1.807) is 7.11 Å². The lowest BCUT2D eigenvalue weighted by molar-refractivity contribution is 0.0950. The molecule has 1 fully saturated rings. The normalized spacial score (nSPS) is 17.1. The molecule has 220 valence electrons. The van der Waals surface area contributed by atoms with E-state index in [0.717, 1.165) is 71.6 Å². The molecule has 0 radical (unpaired) electrons. The summed E-state index contributed by atoms with van der Waals surface area (Å²) >= 11 is 0. The largest absolute Gasteiger partial charge is 0.378 e. The second-order valence-electron chi connectivity index (χ2n) is 11.5. The van der Waals surface area contributed by atoms with E-state index < -0.39 is 0 Å². The van der Waals surface area contributed by atoms with Gasteiger partial charge in [-0.25, -0.2) is 0 Å². The Labute approximate surface area is 244 Å². The molecule has 8 nitrogen and oxygen atoms in total. The predicted octanol–water partition coefficient (Wildman–Crippen LogP) is 5.14. The summed E-state index contributed by atoms with van der Waals surface area (Å²) in [6.45, 7) is 9.45. The van der Waals surface area contributed by atoms with Crippen molar-refractivity contribution >= 4 is 11.6 Å². The van der Waals surface area contributed by atoms with E-state index in [1.165, 1.54) is 0 Å². The number of H-pyrrole nitrogens is 1. The second kappa shape index (κ2) is 13.4. The number of methoxy groups -OCH3 is 1. The van der Waals surface area contributed by atoms with E-state index >= 15 is 0 Å². The fourth-order valence-corrected chi connectivity index (χ4v) is 6.10. The molecule has 8 heteroatoms. The Balaban J connectivity index is 1.70. The van der Waals surface area contributed by atoms with Crippen LogP contribution in [0.4, 0.5) is 5.69 Å². The molecule has 0 saturated heterocycles. The van der Waals surface area contributed by atoms with Crippen LogP contribution in [-0.2, 0) is 17.9 Å². The number of aryl methyl sites for hydroxylation is 2. The molecule has 3 aromatic rings. The maximum Gasteiger partial charge on any atom is 0.253 e. The van der Waals surface area contributed by atoms with Crippen LogP contribution in [-0.4, -0.2) is 60.6 Å². The second-order valence-corrected chi connectivity index (χ2v) is 11.5. The maximum absolute atomic E-state index is 13.7. The number of carbonyl (C=O) groups excluding carboxylic acids is 1. The van der Waals surface area contributed by atoms with Crippen molar-refractivity contribution in [2.75, 3.05) is 32.6 Å². The number of rotatable bonds is 10. The van der Waals surface area contributed by atoms with Gasteiger partial charge in [0.2, 0.25) is 0 Å². The fourth-order valence-electron chi connectivity index (χ4n) is 6.10. The first-order valence-corrected chi connectivity index (χ1v) is 14.6. The molecule has 2 heterocycles. The molecule has 0 bridgehead atoms. The van der Waals surface area contributed by atoms with Gasteiger partial charge < -0.3 is 24.8 Å². The molecule has 0 atom stereocenters. The summed E-state index contributed by atoms with van der Waals surface area (Å²) < 4.78 is 5.23. The SMILES string of the molecule is CCN(c1cc(-c2ccc(COC)nc2)cc(C(=O)NCc2c(C)cc(C)[nH]c2=O)c1C)C1CCC(N(C)C)CC1. The molecule has 1 aliphatic rings. The van der Waals surface area contributed by atoms with Gasteiger partial charge >= 0.3 is 0 Å². The molecule has 1 saturated carbocycles. The van der Waals surface area contributed by atoms with Gasteiger partial charge in [-0.3, -0.25) is 14.6 Å². The lowest BCUT2D eigenvalue weighted by atomic mass is 9.88. The molecule has 1 amide bonds. The van der Waals surface area contributed by atoms with Crippen molar-refractivity contribution in [1.29, 1.82) is 0 Å². The van der Waals surface area contributed by atoms with Gasteiger partial charge in [-0.2, -0.15) is 0 Å². The van der Waals surface area contributed by atoms with E-state index in [2.05, 4.69) is 52.2 Å². The van der Waals surface area contributed by atoms with Gasteiger partial charge in [0, 0.05) is 66.6 Å². The molecule has 2 N–H and O–H groups in total. The Morgan fingerprint density at radius 1 is 1.05 bits per heavy atom. The average Bonchev–Trinajstić information content (AvgIpc) is 2.94. The topological polar surface area (TPSA) is 90.6 Å². The number of nitrogens with one attached hydrogen (secondary N) is 2. The summed E-state index contributed by atoms with van der Waals surface area (Å²) in [5.74, 6) is -0.193. The first kappa shape index (κ1) is 30.5. The highest BCUT2D eigenvalue weighted by atomic mass is 16.5. The van der Waals surface area contributed by atoms with Gasteiger partial charge in [-0.05, 0) is 108 Å². The van der Waals surface area contributed by atoms with Crippen LogP contribution in [0.2, 0.25) is 0 Å². The summed E-state index contributed by atoms with van der Waals surface area (Å²) in [5, 5.41) is 3.03. The molecule has 4 rings (SSSR count). The van der Waals surface area contributed by atoms with Crippen LogP contribution in [0.3, 0.4) is 0 Å². The third-order valence-corrected chi connectivity index (χ3v) is 8.48. The summed E-state index contributed by atoms with van der Waals surface area (Å²) in [5.41, 5.74) is 7.45. The zero-order valence-corrected chi connectivity index (χ0v) is 25.6. The minimum atomic E-state index is -0.193. The van der Waals surface area contributed by atoms with Gasteiger partial charge in [-0.1, -0.05) is 6.07 Å². The Kier molecular flexibility index (Phi) is 9.99. The van der Waals surface area contributed by atoms with Crippen molar-refractivity contribution in [3.8, 4) is 11.1 Å². The Morgan fingerprint density at radius 2 is 1.76 bits per heavy atom. The van der Waals surface area contributed by atoms with Crippen LogP contribution in [0.25, 0.3) is 11.1 Å². The Hall–Kier alpha value is -3.49. The molecular formula is C33H45N5O3.